The lowest BCUT2D eigenvalue weighted by Gasteiger charge is -2.15. The molecule has 0 aromatic carbocycles. The molecular weight excluding hydrogens is 462 g/mol. The summed E-state index contributed by atoms with van der Waals surface area (Å²) in [6.07, 6.45) is 4.17. The zero-order chi connectivity index (χ0) is 18.8. The van der Waals surface area contributed by atoms with Gasteiger partial charge >= 0.3 is 0 Å². The van der Waals surface area contributed by atoms with Gasteiger partial charge in [0.25, 0.3) is 0 Å². The summed E-state index contributed by atoms with van der Waals surface area (Å²) >= 11 is 2.31. The summed E-state index contributed by atoms with van der Waals surface area (Å²) < 4.78 is 9.87. The van der Waals surface area contributed by atoms with Gasteiger partial charge in [-0.25, -0.2) is 9.13 Å². The number of fused-ring (bicyclic) bond motifs is 1. The maximum atomic E-state index is 6.14. The Bertz CT molecular complexity index is 951. The summed E-state index contributed by atoms with van der Waals surface area (Å²) in [5.41, 5.74) is 4.49. The minimum atomic E-state index is 0.0176. The molecule has 0 radical (unpaired) electrons. The molecule has 0 bridgehead atoms. The van der Waals surface area contributed by atoms with Crippen molar-refractivity contribution >= 4 is 45.4 Å². The first-order valence-electron chi connectivity index (χ1n) is 8.23. The highest BCUT2D eigenvalue weighted by atomic mass is 127. The van der Waals surface area contributed by atoms with Gasteiger partial charge in [0.2, 0.25) is 5.88 Å². The van der Waals surface area contributed by atoms with Crippen LogP contribution in [0.25, 0.3) is 28.2 Å². The molecule has 0 saturated carbocycles. The molecule has 0 aliphatic carbocycles. The van der Waals surface area contributed by atoms with Crippen molar-refractivity contribution in [3.05, 3.63) is 30.2 Å². The molecule has 2 atom stereocenters. The second-order valence-corrected chi connectivity index (χ2v) is 8.09. The normalized spacial score (nSPS) is 13.0. The van der Waals surface area contributed by atoms with Gasteiger partial charge in [-0.05, 0) is 55.1 Å². The largest absolute Gasteiger partial charge is 0.473 e. The fraction of sp³-hybridized carbons (Fsp3) is 0.353. The average molecular weight is 484 g/mol. The minimum Gasteiger partial charge on any atom is -0.473 e. The highest BCUT2D eigenvalue weighted by Crippen LogP contribution is 2.36. The maximum absolute atomic E-state index is 6.14. The number of nitrogens with zero attached hydrogens (tertiary/aromatic N) is 5. The summed E-state index contributed by atoms with van der Waals surface area (Å²) in [6, 6.07) is 2.05. The molecule has 7 nitrogen and oxygen atoms in total. The van der Waals surface area contributed by atoms with Gasteiger partial charge in [-0.2, -0.15) is 10.2 Å². The molecule has 3 rings (SSSR count). The van der Waals surface area contributed by atoms with E-state index >= 15 is 0 Å². The lowest BCUT2D eigenvalue weighted by atomic mass is 10.1. The first-order chi connectivity index (χ1) is 12.5. The van der Waals surface area contributed by atoms with E-state index in [1.807, 2.05) is 44.7 Å². The van der Waals surface area contributed by atoms with Crippen molar-refractivity contribution in [2.45, 2.75) is 20.0 Å². The molecule has 3 aromatic heterocycles. The Balaban J connectivity index is 2.13. The van der Waals surface area contributed by atoms with Gasteiger partial charge in [0, 0.05) is 19.0 Å². The Morgan fingerprint density at radius 1 is 1.46 bits per heavy atom. The van der Waals surface area contributed by atoms with Crippen molar-refractivity contribution in [2.75, 3.05) is 13.6 Å². The third kappa shape index (κ3) is 3.50. The van der Waals surface area contributed by atoms with E-state index in [0.29, 0.717) is 6.37 Å². The van der Waals surface area contributed by atoms with Crippen LogP contribution in [-0.4, -0.2) is 44.0 Å². The van der Waals surface area contributed by atoms with Crippen LogP contribution in [0.4, 0.5) is 0 Å². The molecule has 3 heterocycles. The number of likely N-dealkylation sites (N-methyl/N-ethyl adjacent to an activating group) is 1. The molecule has 0 fully saturated rings. The lowest BCUT2D eigenvalue weighted by molar-refractivity contribution is 0.203. The van der Waals surface area contributed by atoms with E-state index in [9.17, 15) is 0 Å². The van der Waals surface area contributed by atoms with Crippen LogP contribution in [0.15, 0.2) is 18.8 Å². The van der Waals surface area contributed by atoms with E-state index in [-0.39, 0.29) is 6.10 Å². The van der Waals surface area contributed by atoms with Crippen LogP contribution in [0.3, 0.4) is 0 Å². The Morgan fingerprint density at radius 2 is 2.23 bits per heavy atom. The van der Waals surface area contributed by atoms with Crippen LogP contribution in [0.1, 0.15) is 18.3 Å². The van der Waals surface area contributed by atoms with Crippen LogP contribution < -0.4 is 10.1 Å². The van der Waals surface area contributed by atoms with Gasteiger partial charge in [-0.1, -0.05) is 6.58 Å². The first kappa shape index (κ1) is 19.3. The zero-order valence-electron chi connectivity index (χ0n) is 15.2. The minimum absolute atomic E-state index is 0.0176. The van der Waals surface area contributed by atoms with Crippen molar-refractivity contribution in [3.63, 3.8) is 0 Å². The second kappa shape index (κ2) is 8.02. The first-order valence-corrected chi connectivity index (χ1v) is 12.3. The van der Waals surface area contributed by atoms with Crippen LogP contribution in [0.5, 0.6) is 5.88 Å². The molecule has 1 N–H and O–H groups in total. The van der Waals surface area contributed by atoms with E-state index in [0.717, 1.165) is 46.0 Å². The van der Waals surface area contributed by atoms with Gasteiger partial charge in [-0.3, -0.25) is 4.98 Å². The number of halogens is 1. The van der Waals surface area contributed by atoms with Gasteiger partial charge in [0.15, 0.2) is 0 Å². The molecular formula is C17H22IN6OP. The number of nitrogens with one attached hydrogen (secondary N) is 1. The molecule has 0 aliphatic rings. The number of hydrogen-bond acceptors (Lipinski definition) is 5. The highest BCUT2D eigenvalue weighted by Gasteiger charge is 2.21. The molecule has 0 spiro atoms. The number of ether oxygens (including phenoxy) is 1. The van der Waals surface area contributed by atoms with Gasteiger partial charge in [0.1, 0.15) is 6.10 Å². The number of hydrogen-bond donors (Lipinski definition) is 1. The van der Waals surface area contributed by atoms with Gasteiger partial charge in [0.05, 0.1) is 40.7 Å². The fourth-order valence-electron chi connectivity index (χ4n) is 2.98. The Kier molecular flexibility index (Phi) is 5.94. The SMILES string of the molecule is C=Cc1nn(PI)c2cnc(-c3c(C)nn(C)c3OC(C)CNC)cc12. The summed E-state index contributed by atoms with van der Waals surface area (Å²) in [4.78, 5) is 4.68. The van der Waals surface area contributed by atoms with E-state index in [4.69, 9.17) is 4.74 Å². The molecule has 3 aromatic rings. The summed E-state index contributed by atoms with van der Waals surface area (Å²) in [5.74, 6) is 0.723. The average Bonchev–Trinajstić information content (AvgIpc) is 3.11. The monoisotopic (exact) mass is 484 g/mol. The molecule has 26 heavy (non-hydrogen) atoms. The van der Waals surface area contributed by atoms with E-state index in [2.05, 4.69) is 49.1 Å². The van der Waals surface area contributed by atoms with Crippen LogP contribution >= 0.6 is 28.4 Å². The molecule has 0 aliphatic heterocycles. The van der Waals surface area contributed by atoms with Crippen molar-refractivity contribution in [2.24, 2.45) is 7.05 Å². The van der Waals surface area contributed by atoms with Crippen LogP contribution in [0.2, 0.25) is 0 Å². The number of aryl methyl sites for hydroxylation is 2. The molecule has 138 valence electrons. The molecule has 9 heteroatoms. The molecule has 0 saturated heterocycles. The number of aromatic nitrogens is 5. The lowest BCUT2D eigenvalue weighted by Crippen LogP contribution is -2.27. The summed E-state index contributed by atoms with van der Waals surface area (Å²) in [7, 11) is 3.80. The van der Waals surface area contributed by atoms with Crippen LogP contribution in [0, 0.1) is 6.92 Å². The quantitative estimate of drug-likeness (QED) is 0.411. The standard InChI is InChI=1S/C17H22IN6OP/c1-6-13-12-7-14(20-9-15(12)24(22-13)26-18)16-11(3)21-23(5)17(16)25-10(2)8-19-4/h6-7,9-10,19,26H,1,8H2,2-5H3. The van der Waals surface area contributed by atoms with Crippen molar-refractivity contribution in [3.8, 4) is 17.1 Å². The highest BCUT2D eigenvalue weighted by molar-refractivity contribution is 14.2. The topological polar surface area (TPSA) is 69.8 Å². The van der Waals surface area contributed by atoms with Gasteiger partial charge in [-0.15, -0.1) is 0 Å². The Hall–Kier alpha value is -1.51. The van der Waals surface area contributed by atoms with Crippen molar-refractivity contribution in [1.29, 1.82) is 0 Å². The maximum Gasteiger partial charge on any atom is 0.221 e. The fourth-order valence-corrected chi connectivity index (χ4v) is 4.49. The summed E-state index contributed by atoms with van der Waals surface area (Å²) in [5, 5.41) is 13.3. The van der Waals surface area contributed by atoms with Gasteiger partial charge < -0.3 is 10.1 Å². The third-order valence-corrected chi connectivity index (χ3v) is 5.97. The summed E-state index contributed by atoms with van der Waals surface area (Å²) in [6.45, 7) is 8.64. The van der Waals surface area contributed by atoms with E-state index in [1.165, 1.54) is 0 Å². The van der Waals surface area contributed by atoms with E-state index < -0.39 is 0 Å². The Labute approximate surface area is 167 Å². The zero-order valence-corrected chi connectivity index (χ0v) is 18.4. The number of rotatable bonds is 7. The number of pyridine rings is 1. The second-order valence-electron chi connectivity index (χ2n) is 6.05. The predicted octanol–water partition coefficient (Wildman–Crippen LogP) is 3.56. The predicted molar refractivity (Wildman–Crippen MR) is 116 cm³/mol. The third-order valence-electron chi connectivity index (χ3n) is 4.10. The van der Waals surface area contributed by atoms with Crippen molar-refractivity contribution < 1.29 is 4.74 Å². The molecule has 0 amide bonds. The molecule has 2 unspecified atom stereocenters. The van der Waals surface area contributed by atoms with Crippen LogP contribution in [-0.2, 0) is 7.05 Å². The van der Waals surface area contributed by atoms with E-state index in [1.54, 1.807) is 10.8 Å². The Morgan fingerprint density at radius 3 is 2.88 bits per heavy atom. The smallest absolute Gasteiger partial charge is 0.221 e. The van der Waals surface area contributed by atoms with Crippen molar-refractivity contribution in [1.82, 2.24) is 29.6 Å².